The molecule has 3 rings (SSSR count). The number of nitrogens with zero attached hydrogens (tertiary/aromatic N) is 2. The van der Waals surface area contributed by atoms with Crippen molar-refractivity contribution in [3.8, 4) is 5.75 Å². The fourth-order valence-electron chi connectivity index (χ4n) is 3.02. The maximum absolute atomic E-state index is 12.7. The Kier molecular flexibility index (Phi) is 5.58. The van der Waals surface area contributed by atoms with Gasteiger partial charge in [-0.05, 0) is 37.1 Å². The number of piperidine rings is 1. The van der Waals surface area contributed by atoms with Gasteiger partial charge in [0.15, 0.2) is 0 Å². The van der Waals surface area contributed by atoms with Gasteiger partial charge in [-0.1, -0.05) is 13.8 Å². The lowest BCUT2D eigenvalue weighted by molar-refractivity contribution is 0.0709. The molecule has 1 amide bonds. The smallest absolute Gasteiger partial charge is 0.273 e. The molecule has 2 aromatic rings. The minimum absolute atomic E-state index is 0.0457. The number of amides is 1. The standard InChI is InChI=1S/C19H25N3O2S/c1-13(2)18-21-17(12-25-18)19(23)22-10-4-5-15(11-22)20-14-6-8-16(24-3)9-7-14/h6-9,12-13,15,20H,4-5,10-11H2,1-3H3/t15-/m1/s1. The lowest BCUT2D eigenvalue weighted by Gasteiger charge is -2.33. The molecular formula is C19H25N3O2S. The van der Waals surface area contributed by atoms with Crippen molar-refractivity contribution in [2.45, 2.75) is 38.6 Å². The second-order valence-corrected chi connectivity index (χ2v) is 7.58. The Hall–Kier alpha value is -2.08. The third-order valence-electron chi connectivity index (χ3n) is 4.40. The van der Waals surface area contributed by atoms with Crippen LogP contribution in [0.25, 0.3) is 0 Å². The molecule has 0 spiro atoms. The molecular weight excluding hydrogens is 334 g/mol. The van der Waals surface area contributed by atoms with Gasteiger partial charge in [-0.3, -0.25) is 4.79 Å². The Balaban J connectivity index is 1.62. The predicted molar refractivity (Wildman–Crippen MR) is 102 cm³/mol. The van der Waals surface area contributed by atoms with Crippen LogP contribution in [0.4, 0.5) is 5.69 Å². The van der Waals surface area contributed by atoms with Crippen LogP contribution < -0.4 is 10.1 Å². The molecule has 134 valence electrons. The SMILES string of the molecule is COc1ccc(N[C@@H]2CCCN(C(=O)c3csc(C(C)C)n3)C2)cc1. The van der Waals surface area contributed by atoms with Crippen LogP contribution >= 0.6 is 11.3 Å². The quantitative estimate of drug-likeness (QED) is 0.877. The molecule has 1 atom stereocenters. The minimum Gasteiger partial charge on any atom is -0.497 e. The van der Waals surface area contributed by atoms with Gasteiger partial charge in [0.05, 0.1) is 12.1 Å². The number of hydrogen-bond acceptors (Lipinski definition) is 5. The summed E-state index contributed by atoms with van der Waals surface area (Å²) < 4.78 is 5.19. The van der Waals surface area contributed by atoms with Crippen LogP contribution in [0, 0.1) is 0 Å². The summed E-state index contributed by atoms with van der Waals surface area (Å²) in [6.07, 6.45) is 2.06. The molecule has 0 unspecified atom stereocenters. The van der Waals surface area contributed by atoms with E-state index in [1.54, 1.807) is 18.4 Å². The monoisotopic (exact) mass is 359 g/mol. The van der Waals surface area contributed by atoms with Crippen molar-refractivity contribution >= 4 is 22.9 Å². The third kappa shape index (κ3) is 4.31. The number of carbonyl (C=O) groups is 1. The van der Waals surface area contributed by atoms with Gasteiger partial charge < -0.3 is 15.0 Å². The number of methoxy groups -OCH3 is 1. The summed E-state index contributed by atoms with van der Waals surface area (Å²) in [5, 5.41) is 6.43. The van der Waals surface area contributed by atoms with Crippen LogP contribution in [0.1, 0.15) is 48.1 Å². The van der Waals surface area contributed by atoms with Gasteiger partial charge in [0.1, 0.15) is 11.4 Å². The molecule has 0 aliphatic carbocycles. The van der Waals surface area contributed by atoms with Crippen LogP contribution in [-0.2, 0) is 0 Å². The third-order valence-corrected chi connectivity index (χ3v) is 5.55. The van der Waals surface area contributed by atoms with E-state index in [9.17, 15) is 4.79 Å². The van der Waals surface area contributed by atoms with Crippen molar-refractivity contribution in [3.05, 3.63) is 40.3 Å². The van der Waals surface area contributed by atoms with Crippen molar-refractivity contribution in [3.63, 3.8) is 0 Å². The number of anilines is 1. The topological polar surface area (TPSA) is 54.5 Å². The fourth-order valence-corrected chi connectivity index (χ4v) is 3.82. The average molecular weight is 359 g/mol. The summed E-state index contributed by atoms with van der Waals surface area (Å²) in [4.78, 5) is 19.2. The van der Waals surface area contributed by atoms with E-state index >= 15 is 0 Å². The number of thiazole rings is 1. The molecule has 0 bridgehead atoms. The summed E-state index contributed by atoms with van der Waals surface area (Å²) in [6, 6.07) is 8.16. The van der Waals surface area contributed by atoms with E-state index in [1.807, 2.05) is 34.5 Å². The molecule has 1 N–H and O–H groups in total. The number of hydrogen-bond donors (Lipinski definition) is 1. The number of ether oxygens (including phenoxy) is 1. The predicted octanol–water partition coefficient (Wildman–Crippen LogP) is 3.99. The first-order valence-electron chi connectivity index (χ1n) is 8.72. The van der Waals surface area contributed by atoms with E-state index in [2.05, 4.69) is 24.1 Å². The number of likely N-dealkylation sites (tertiary alicyclic amines) is 1. The van der Waals surface area contributed by atoms with E-state index in [1.165, 1.54) is 0 Å². The molecule has 1 fully saturated rings. The van der Waals surface area contributed by atoms with Gasteiger partial charge in [0, 0.05) is 36.1 Å². The first kappa shape index (κ1) is 17.7. The van der Waals surface area contributed by atoms with Gasteiger partial charge in [0.25, 0.3) is 5.91 Å². The summed E-state index contributed by atoms with van der Waals surface area (Å²) in [6.45, 7) is 5.71. The first-order chi connectivity index (χ1) is 12.1. The average Bonchev–Trinajstić information content (AvgIpc) is 3.12. The fraction of sp³-hybridized carbons (Fsp3) is 0.474. The Bertz CT molecular complexity index is 712. The lowest BCUT2D eigenvalue weighted by atomic mass is 10.0. The van der Waals surface area contributed by atoms with Crippen LogP contribution in [-0.4, -0.2) is 42.0 Å². The van der Waals surface area contributed by atoms with Gasteiger partial charge in [-0.25, -0.2) is 4.98 Å². The Morgan fingerprint density at radius 1 is 1.36 bits per heavy atom. The molecule has 2 heterocycles. The highest BCUT2D eigenvalue weighted by Gasteiger charge is 2.26. The van der Waals surface area contributed by atoms with Crippen LogP contribution in [0.3, 0.4) is 0 Å². The summed E-state index contributed by atoms with van der Waals surface area (Å²) in [7, 11) is 1.66. The van der Waals surface area contributed by atoms with Crippen molar-refractivity contribution < 1.29 is 9.53 Å². The summed E-state index contributed by atoms with van der Waals surface area (Å²) in [5.74, 6) is 1.25. The van der Waals surface area contributed by atoms with E-state index in [0.29, 0.717) is 18.2 Å². The van der Waals surface area contributed by atoms with Gasteiger partial charge in [-0.2, -0.15) is 0 Å². The molecule has 5 nitrogen and oxygen atoms in total. The van der Waals surface area contributed by atoms with Gasteiger partial charge in [-0.15, -0.1) is 11.3 Å². The van der Waals surface area contributed by atoms with Crippen molar-refractivity contribution in [1.29, 1.82) is 0 Å². The highest BCUT2D eigenvalue weighted by molar-refractivity contribution is 7.09. The number of rotatable bonds is 5. The molecule has 1 aromatic heterocycles. The van der Waals surface area contributed by atoms with Crippen LogP contribution in [0.5, 0.6) is 5.75 Å². The number of benzene rings is 1. The Morgan fingerprint density at radius 2 is 2.12 bits per heavy atom. The molecule has 0 saturated carbocycles. The number of carbonyl (C=O) groups excluding carboxylic acids is 1. The maximum Gasteiger partial charge on any atom is 0.273 e. The maximum atomic E-state index is 12.7. The Labute approximate surface area is 153 Å². The zero-order valence-electron chi connectivity index (χ0n) is 15.0. The first-order valence-corrected chi connectivity index (χ1v) is 9.60. The van der Waals surface area contributed by atoms with E-state index in [0.717, 1.165) is 35.8 Å². The van der Waals surface area contributed by atoms with Crippen molar-refractivity contribution in [2.24, 2.45) is 0 Å². The van der Waals surface area contributed by atoms with E-state index < -0.39 is 0 Å². The second kappa shape index (κ2) is 7.87. The normalized spacial score (nSPS) is 17.6. The zero-order chi connectivity index (χ0) is 17.8. The second-order valence-electron chi connectivity index (χ2n) is 6.69. The molecule has 25 heavy (non-hydrogen) atoms. The molecule has 1 aliphatic heterocycles. The highest BCUT2D eigenvalue weighted by atomic mass is 32.1. The van der Waals surface area contributed by atoms with Gasteiger partial charge in [0.2, 0.25) is 0 Å². The molecule has 1 saturated heterocycles. The van der Waals surface area contributed by atoms with Gasteiger partial charge >= 0.3 is 0 Å². The summed E-state index contributed by atoms with van der Waals surface area (Å²) >= 11 is 1.57. The minimum atomic E-state index is 0.0457. The molecule has 1 aliphatic rings. The van der Waals surface area contributed by atoms with E-state index in [-0.39, 0.29) is 11.9 Å². The number of aromatic nitrogens is 1. The molecule has 1 aromatic carbocycles. The lowest BCUT2D eigenvalue weighted by Crippen LogP contribution is -2.45. The van der Waals surface area contributed by atoms with E-state index in [4.69, 9.17) is 4.74 Å². The van der Waals surface area contributed by atoms with Crippen molar-refractivity contribution in [2.75, 3.05) is 25.5 Å². The van der Waals surface area contributed by atoms with Crippen LogP contribution in [0.2, 0.25) is 0 Å². The molecule has 0 radical (unpaired) electrons. The highest BCUT2D eigenvalue weighted by Crippen LogP contribution is 2.23. The largest absolute Gasteiger partial charge is 0.497 e. The van der Waals surface area contributed by atoms with Crippen molar-refractivity contribution in [1.82, 2.24) is 9.88 Å². The molecule has 6 heteroatoms. The Morgan fingerprint density at radius 3 is 2.76 bits per heavy atom. The van der Waals surface area contributed by atoms with Crippen LogP contribution in [0.15, 0.2) is 29.6 Å². The number of nitrogens with one attached hydrogen (secondary N) is 1. The zero-order valence-corrected chi connectivity index (χ0v) is 15.8. The summed E-state index contributed by atoms with van der Waals surface area (Å²) in [5.41, 5.74) is 1.63.